The van der Waals surface area contributed by atoms with Gasteiger partial charge in [0, 0.05) is 22.6 Å². The summed E-state index contributed by atoms with van der Waals surface area (Å²) in [5.74, 6) is 0.393. The van der Waals surface area contributed by atoms with Crippen molar-refractivity contribution in [2.24, 2.45) is 5.10 Å². The van der Waals surface area contributed by atoms with Crippen LogP contribution in [0.1, 0.15) is 57.0 Å². The molecular formula is C25H22ClF3N2O3. The molecule has 9 heteroatoms. The molecule has 0 amide bonds. The van der Waals surface area contributed by atoms with E-state index in [2.05, 4.69) is 10.5 Å². The molecule has 1 aliphatic carbocycles. The van der Waals surface area contributed by atoms with Crippen LogP contribution in [0.25, 0.3) is 0 Å². The molecule has 0 bridgehead atoms. The highest BCUT2D eigenvalue weighted by atomic mass is 35.5. The molecule has 5 nitrogen and oxygen atoms in total. The minimum Gasteiger partial charge on any atom is -0.453 e. The van der Waals surface area contributed by atoms with E-state index < -0.39 is 17.7 Å². The van der Waals surface area contributed by atoms with Gasteiger partial charge in [-0.15, -0.1) is 0 Å². The van der Waals surface area contributed by atoms with Crippen LogP contribution in [0.2, 0.25) is 5.02 Å². The standard InChI is InChI=1S/C25H22ClF3N2O3/c1-13-10-18(11-14(2)22(13)26)33-24(32)23-15(3)21-19(8-5-9-20(21)34-23)31-30-17-7-4-6-16(12-17)25(27,28)29/h4,6-7,10-12,30H,5,8-9H2,1-3H3/b31-19+. The predicted octanol–water partition coefficient (Wildman–Crippen LogP) is 7.25. The van der Waals surface area contributed by atoms with Crippen LogP contribution in [0.4, 0.5) is 18.9 Å². The molecule has 3 aromatic rings. The molecule has 1 N–H and O–H groups in total. The number of esters is 1. The number of nitrogens with zero attached hydrogens (tertiary/aromatic N) is 1. The lowest BCUT2D eigenvalue weighted by atomic mass is 9.93. The van der Waals surface area contributed by atoms with E-state index in [-0.39, 0.29) is 11.4 Å². The van der Waals surface area contributed by atoms with E-state index >= 15 is 0 Å². The second-order valence-electron chi connectivity index (χ2n) is 8.22. The lowest BCUT2D eigenvalue weighted by Gasteiger charge is -2.14. The first-order valence-electron chi connectivity index (χ1n) is 10.7. The summed E-state index contributed by atoms with van der Waals surface area (Å²) in [5, 5.41) is 4.95. The van der Waals surface area contributed by atoms with Crippen molar-refractivity contribution in [3.8, 4) is 5.75 Å². The highest BCUT2D eigenvalue weighted by Gasteiger charge is 2.31. The zero-order chi connectivity index (χ0) is 24.6. The van der Waals surface area contributed by atoms with Crippen LogP contribution >= 0.6 is 11.6 Å². The van der Waals surface area contributed by atoms with Crippen molar-refractivity contribution < 1.29 is 27.1 Å². The van der Waals surface area contributed by atoms with Crippen molar-refractivity contribution in [3.05, 3.63) is 80.8 Å². The van der Waals surface area contributed by atoms with Gasteiger partial charge >= 0.3 is 12.1 Å². The minimum absolute atomic E-state index is 0.0731. The Kier molecular flexibility index (Phi) is 6.45. The zero-order valence-electron chi connectivity index (χ0n) is 18.8. The molecule has 0 atom stereocenters. The number of alkyl halides is 3. The number of carbonyl (C=O) groups is 1. The van der Waals surface area contributed by atoms with E-state index in [4.69, 9.17) is 20.8 Å². The normalized spacial score (nSPS) is 14.7. The monoisotopic (exact) mass is 490 g/mol. The third kappa shape index (κ3) is 4.82. The Labute approximate surface area is 199 Å². The molecule has 34 heavy (non-hydrogen) atoms. The number of fused-ring (bicyclic) bond motifs is 1. The van der Waals surface area contributed by atoms with Crippen molar-refractivity contribution in [1.82, 2.24) is 0 Å². The van der Waals surface area contributed by atoms with Crippen molar-refractivity contribution in [2.45, 2.75) is 46.2 Å². The van der Waals surface area contributed by atoms with Crippen LogP contribution in [-0.2, 0) is 12.6 Å². The van der Waals surface area contributed by atoms with Gasteiger partial charge in [-0.2, -0.15) is 18.3 Å². The van der Waals surface area contributed by atoms with E-state index in [1.165, 1.54) is 12.1 Å². The summed E-state index contributed by atoms with van der Waals surface area (Å²) in [6.45, 7) is 5.38. The molecule has 0 radical (unpaired) electrons. The third-order valence-corrected chi connectivity index (χ3v) is 6.24. The SMILES string of the molecule is Cc1cc(OC(=O)c2oc3c(c2C)/C(=N/Nc2cccc(C(F)(F)F)c2)CCC3)cc(C)c1Cl. The average molecular weight is 491 g/mol. The Morgan fingerprint density at radius 3 is 2.50 bits per heavy atom. The van der Waals surface area contributed by atoms with Crippen LogP contribution in [0.3, 0.4) is 0 Å². The Balaban J connectivity index is 1.59. The second-order valence-corrected chi connectivity index (χ2v) is 8.60. The smallest absolute Gasteiger partial charge is 0.416 e. The zero-order valence-corrected chi connectivity index (χ0v) is 19.5. The first-order valence-corrected chi connectivity index (χ1v) is 11.0. The molecule has 0 unspecified atom stereocenters. The molecule has 0 spiro atoms. The summed E-state index contributed by atoms with van der Waals surface area (Å²) in [6.07, 6.45) is -2.51. The second kappa shape index (κ2) is 9.18. The molecule has 1 aromatic heterocycles. The number of carbonyl (C=O) groups excluding carboxylic acids is 1. The van der Waals surface area contributed by atoms with Gasteiger partial charge < -0.3 is 9.15 Å². The topological polar surface area (TPSA) is 63.8 Å². The largest absolute Gasteiger partial charge is 0.453 e. The van der Waals surface area contributed by atoms with Crippen molar-refractivity contribution in [1.29, 1.82) is 0 Å². The van der Waals surface area contributed by atoms with Crippen LogP contribution in [0.15, 0.2) is 45.9 Å². The van der Waals surface area contributed by atoms with E-state index in [0.29, 0.717) is 46.2 Å². The van der Waals surface area contributed by atoms with Crippen LogP contribution in [-0.4, -0.2) is 11.7 Å². The van der Waals surface area contributed by atoms with Crippen molar-refractivity contribution >= 4 is 29.0 Å². The highest BCUT2D eigenvalue weighted by Crippen LogP contribution is 2.33. The fourth-order valence-corrected chi connectivity index (χ4v) is 4.10. The van der Waals surface area contributed by atoms with Gasteiger partial charge in [-0.05, 0) is 75.1 Å². The van der Waals surface area contributed by atoms with Crippen molar-refractivity contribution in [3.63, 3.8) is 0 Å². The Hall–Kier alpha value is -3.26. The van der Waals surface area contributed by atoms with Crippen LogP contribution < -0.4 is 10.2 Å². The van der Waals surface area contributed by atoms with E-state index in [1.54, 1.807) is 19.1 Å². The number of hydrazone groups is 1. The molecule has 4 rings (SSSR count). The fraction of sp³-hybridized carbons (Fsp3) is 0.280. The van der Waals surface area contributed by atoms with Gasteiger partial charge in [-0.25, -0.2) is 4.79 Å². The maximum atomic E-state index is 13.0. The molecule has 0 fully saturated rings. The lowest BCUT2D eigenvalue weighted by molar-refractivity contribution is -0.137. The van der Waals surface area contributed by atoms with E-state index in [0.717, 1.165) is 29.7 Å². The Morgan fingerprint density at radius 1 is 1.12 bits per heavy atom. The molecule has 1 heterocycles. The number of furan rings is 1. The fourth-order valence-electron chi connectivity index (χ4n) is 3.99. The molecule has 2 aromatic carbocycles. The Bertz CT molecular complexity index is 1270. The first-order chi connectivity index (χ1) is 16.0. The molecular weight excluding hydrogens is 469 g/mol. The molecule has 0 saturated heterocycles. The van der Waals surface area contributed by atoms with E-state index in [1.807, 2.05) is 13.8 Å². The molecule has 1 aliphatic rings. The number of aryl methyl sites for hydroxylation is 3. The van der Waals surface area contributed by atoms with Gasteiger partial charge in [0.15, 0.2) is 0 Å². The molecule has 0 saturated carbocycles. The van der Waals surface area contributed by atoms with E-state index in [9.17, 15) is 18.0 Å². The quantitative estimate of drug-likeness (QED) is 0.238. The molecule has 0 aliphatic heterocycles. The maximum absolute atomic E-state index is 13.0. The highest BCUT2D eigenvalue weighted by molar-refractivity contribution is 6.32. The summed E-state index contributed by atoms with van der Waals surface area (Å²) in [6, 6.07) is 8.17. The number of benzene rings is 2. The van der Waals surface area contributed by atoms with Gasteiger partial charge in [0.25, 0.3) is 0 Å². The maximum Gasteiger partial charge on any atom is 0.416 e. The van der Waals surface area contributed by atoms with Gasteiger partial charge in [-0.1, -0.05) is 17.7 Å². The number of anilines is 1. The molecule has 178 valence electrons. The number of nitrogens with one attached hydrogen (secondary N) is 1. The number of hydrogen-bond acceptors (Lipinski definition) is 5. The van der Waals surface area contributed by atoms with Crippen molar-refractivity contribution in [2.75, 3.05) is 5.43 Å². The summed E-state index contributed by atoms with van der Waals surface area (Å²) < 4.78 is 50.3. The van der Waals surface area contributed by atoms with Crippen LogP contribution in [0, 0.1) is 20.8 Å². The summed E-state index contributed by atoms with van der Waals surface area (Å²) in [5.41, 5.74) is 5.60. The summed E-state index contributed by atoms with van der Waals surface area (Å²) in [4.78, 5) is 12.9. The van der Waals surface area contributed by atoms with Gasteiger partial charge in [0.05, 0.1) is 17.0 Å². The predicted molar refractivity (Wildman–Crippen MR) is 124 cm³/mol. The average Bonchev–Trinajstić information content (AvgIpc) is 3.13. The van der Waals surface area contributed by atoms with Gasteiger partial charge in [0.2, 0.25) is 5.76 Å². The number of rotatable bonds is 4. The summed E-state index contributed by atoms with van der Waals surface area (Å²) in [7, 11) is 0. The third-order valence-electron chi connectivity index (χ3n) is 5.64. The lowest BCUT2D eigenvalue weighted by Crippen LogP contribution is -2.14. The van der Waals surface area contributed by atoms with Gasteiger partial charge in [0.1, 0.15) is 11.5 Å². The number of hydrogen-bond donors (Lipinski definition) is 1. The first kappa shape index (κ1) is 23.9. The number of ether oxygens (including phenoxy) is 1. The van der Waals surface area contributed by atoms with Crippen LogP contribution in [0.5, 0.6) is 5.75 Å². The summed E-state index contributed by atoms with van der Waals surface area (Å²) >= 11 is 6.18. The number of halogens is 4. The Morgan fingerprint density at radius 2 is 1.82 bits per heavy atom. The minimum atomic E-state index is -4.44. The van der Waals surface area contributed by atoms with Gasteiger partial charge in [-0.3, -0.25) is 5.43 Å².